The van der Waals surface area contributed by atoms with Gasteiger partial charge in [-0.3, -0.25) is 9.59 Å². The van der Waals surface area contributed by atoms with E-state index in [4.69, 9.17) is 4.42 Å². The highest BCUT2D eigenvalue weighted by Crippen LogP contribution is 2.32. The van der Waals surface area contributed by atoms with Crippen LogP contribution in [0.1, 0.15) is 21.7 Å². The topological polar surface area (TPSA) is 50.5 Å². The number of rotatable bonds is 1. The van der Waals surface area contributed by atoms with Gasteiger partial charge in [0.1, 0.15) is 5.76 Å². The second-order valence-electron chi connectivity index (χ2n) is 4.42. The summed E-state index contributed by atoms with van der Waals surface area (Å²) in [4.78, 5) is 25.7. The standard InChI is InChI=1S/C14H10BrNO3/c1-8-2-3-11(10(15)6-8)16-13(17)7-12-9(14(16)18)4-5-19-12/h2-6H,7H2,1H3. The van der Waals surface area contributed by atoms with Gasteiger partial charge in [0.25, 0.3) is 5.91 Å². The first-order chi connectivity index (χ1) is 9.08. The molecule has 0 N–H and O–H groups in total. The minimum absolute atomic E-state index is 0.106. The van der Waals surface area contributed by atoms with Gasteiger partial charge in [-0.15, -0.1) is 0 Å². The van der Waals surface area contributed by atoms with Gasteiger partial charge in [0.15, 0.2) is 0 Å². The molecule has 2 aromatic rings. The number of imide groups is 1. The van der Waals surface area contributed by atoms with E-state index in [0.29, 0.717) is 17.0 Å². The maximum atomic E-state index is 12.4. The minimum Gasteiger partial charge on any atom is -0.468 e. The molecule has 0 spiro atoms. The largest absolute Gasteiger partial charge is 0.468 e. The zero-order valence-corrected chi connectivity index (χ0v) is 11.7. The molecule has 5 heteroatoms. The van der Waals surface area contributed by atoms with Crippen LogP contribution in [0.15, 0.2) is 39.4 Å². The zero-order chi connectivity index (χ0) is 13.6. The Morgan fingerprint density at radius 2 is 2.05 bits per heavy atom. The highest BCUT2D eigenvalue weighted by atomic mass is 79.9. The van der Waals surface area contributed by atoms with Crippen LogP contribution >= 0.6 is 15.9 Å². The summed E-state index contributed by atoms with van der Waals surface area (Å²) in [5.41, 5.74) is 2.07. The van der Waals surface area contributed by atoms with Crippen molar-refractivity contribution in [1.82, 2.24) is 0 Å². The van der Waals surface area contributed by atoms with Gasteiger partial charge >= 0.3 is 0 Å². The van der Waals surface area contributed by atoms with Crippen LogP contribution in [0.3, 0.4) is 0 Å². The average Bonchev–Trinajstić information content (AvgIpc) is 2.80. The van der Waals surface area contributed by atoms with E-state index in [9.17, 15) is 9.59 Å². The lowest BCUT2D eigenvalue weighted by atomic mass is 10.1. The number of fused-ring (bicyclic) bond motifs is 1. The van der Waals surface area contributed by atoms with Crippen molar-refractivity contribution in [2.24, 2.45) is 0 Å². The second kappa shape index (κ2) is 4.35. The van der Waals surface area contributed by atoms with Crippen LogP contribution < -0.4 is 4.90 Å². The number of hydrogen-bond donors (Lipinski definition) is 0. The maximum absolute atomic E-state index is 12.4. The fourth-order valence-electron chi connectivity index (χ4n) is 2.16. The number of nitrogens with zero attached hydrogens (tertiary/aromatic N) is 1. The van der Waals surface area contributed by atoms with Gasteiger partial charge in [-0.2, -0.15) is 0 Å². The molecular formula is C14H10BrNO3. The van der Waals surface area contributed by atoms with Gasteiger partial charge in [0, 0.05) is 4.47 Å². The minimum atomic E-state index is -0.343. The van der Waals surface area contributed by atoms with Crippen molar-refractivity contribution >= 4 is 33.4 Å². The normalized spacial score (nSPS) is 14.7. The first kappa shape index (κ1) is 12.2. The van der Waals surface area contributed by atoms with Gasteiger partial charge in [-0.1, -0.05) is 6.07 Å². The summed E-state index contributed by atoms with van der Waals surface area (Å²) in [6.45, 7) is 1.95. The Morgan fingerprint density at radius 1 is 1.26 bits per heavy atom. The number of carbonyl (C=O) groups is 2. The molecule has 0 radical (unpaired) electrons. The third-order valence-electron chi connectivity index (χ3n) is 3.08. The predicted molar refractivity (Wildman–Crippen MR) is 73.1 cm³/mol. The van der Waals surface area contributed by atoms with Crippen LogP contribution in [0.5, 0.6) is 0 Å². The molecule has 1 aliphatic rings. The van der Waals surface area contributed by atoms with E-state index in [-0.39, 0.29) is 18.2 Å². The molecule has 1 aromatic carbocycles. The van der Waals surface area contributed by atoms with Crippen LogP contribution in [0.25, 0.3) is 0 Å². The van der Waals surface area contributed by atoms with E-state index < -0.39 is 0 Å². The zero-order valence-electron chi connectivity index (χ0n) is 10.1. The lowest BCUT2D eigenvalue weighted by Gasteiger charge is -2.25. The van der Waals surface area contributed by atoms with Crippen molar-refractivity contribution in [3.63, 3.8) is 0 Å². The Balaban J connectivity index is 2.10. The van der Waals surface area contributed by atoms with Crippen LogP contribution in [-0.4, -0.2) is 11.8 Å². The lowest BCUT2D eigenvalue weighted by molar-refractivity contribution is -0.117. The van der Waals surface area contributed by atoms with Gasteiger partial charge < -0.3 is 4.42 Å². The second-order valence-corrected chi connectivity index (χ2v) is 5.28. The highest BCUT2D eigenvalue weighted by Gasteiger charge is 2.34. The van der Waals surface area contributed by atoms with E-state index >= 15 is 0 Å². The van der Waals surface area contributed by atoms with Gasteiger partial charge in [0.2, 0.25) is 5.91 Å². The number of halogens is 1. The Hall–Kier alpha value is -1.88. The molecular weight excluding hydrogens is 310 g/mol. The van der Waals surface area contributed by atoms with E-state index in [2.05, 4.69) is 15.9 Å². The molecule has 96 valence electrons. The van der Waals surface area contributed by atoms with E-state index in [1.54, 1.807) is 12.1 Å². The van der Waals surface area contributed by atoms with Crippen molar-refractivity contribution in [3.8, 4) is 0 Å². The third-order valence-corrected chi connectivity index (χ3v) is 3.72. The van der Waals surface area contributed by atoms with E-state index in [1.165, 1.54) is 11.2 Å². The van der Waals surface area contributed by atoms with Gasteiger partial charge in [-0.25, -0.2) is 4.90 Å². The molecule has 0 atom stereocenters. The van der Waals surface area contributed by atoms with E-state index in [0.717, 1.165) is 10.0 Å². The molecule has 0 aliphatic carbocycles. The molecule has 4 nitrogen and oxygen atoms in total. The summed E-state index contributed by atoms with van der Waals surface area (Å²) >= 11 is 3.40. The molecule has 0 bridgehead atoms. The number of carbonyl (C=O) groups excluding carboxylic acids is 2. The Kier molecular flexibility index (Phi) is 2.78. The molecule has 2 heterocycles. The predicted octanol–water partition coefficient (Wildman–Crippen LogP) is 3.08. The first-order valence-corrected chi connectivity index (χ1v) is 6.57. The molecule has 2 amide bonds. The Bertz CT molecular complexity index is 690. The lowest BCUT2D eigenvalue weighted by Crippen LogP contribution is -2.42. The molecule has 0 fully saturated rings. The number of aryl methyl sites for hydroxylation is 1. The summed E-state index contributed by atoms with van der Waals surface area (Å²) in [5.74, 6) is -0.184. The van der Waals surface area contributed by atoms with Crippen molar-refractivity contribution in [3.05, 3.63) is 51.9 Å². The Morgan fingerprint density at radius 3 is 2.79 bits per heavy atom. The first-order valence-electron chi connectivity index (χ1n) is 5.78. The van der Waals surface area contributed by atoms with Crippen molar-refractivity contribution in [2.45, 2.75) is 13.3 Å². The number of amides is 2. The highest BCUT2D eigenvalue weighted by molar-refractivity contribution is 9.10. The van der Waals surface area contributed by atoms with Crippen LogP contribution in [0.2, 0.25) is 0 Å². The van der Waals surface area contributed by atoms with Crippen LogP contribution in [0.4, 0.5) is 5.69 Å². The van der Waals surface area contributed by atoms with E-state index in [1.807, 2.05) is 19.1 Å². The molecule has 0 unspecified atom stereocenters. The summed E-state index contributed by atoms with van der Waals surface area (Å²) in [6.07, 6.45) is 1.54. The summed E-state index contributed by atoms with van der Waals surface area (Å²) in [7, 11) is 0. The number of hydrogen-bond acceptors (Lipinski definition) is 3. The maximum Gasteiger partial charge on any atom is 0.268 e. The van der Waals surface area contributed by atoms with Gasteiger partial charge in [-0.05, 0) is 46.6 Å². The summed E-state index contributed by atoms with van der Waals surface area (Å²) < 4.78 is 5.87. The molecule has 1 aliphatic heterocycles. The molecule has 19 heavy (non-hydrogen) atoms. The SMILES string of the molecule is Cc1ccc(N2C(=O)Cc3occc3C2=O)c(Br)c1. The third kappa shape index (κ3) is 1.90. The average molecular weight is 320 g/mol. The van der Waals surface area contributed by atoms with Gasteiger partial charge in [0.05, 0.1) is 23.9 Å². The number of benzene rings is 1. The fraction of sp³-hybridized carbons (Fsp3) is 0.143. The molecule has 0 saturated carbocycles. The quantitative estimate of drug-likeness (QED) is 0.759. The summed E-state index contributed by atoms with van der Waals surface area (Å²) in [5, 5.41) is 0. The van der Waals surface area contributed by atoms with Crippen molar-refractivity contribution < 1.29 is 14.0 Å². The molecule has 0 saturated heterocycles. The summed E-state index contributed by atoms with van der Waals surface area (Å²) in [6, 6.07) is 7.10. The number of anilines is 1. The molecule has 3 rings (SSSR count). The van der Waals surface area contributed by atoms with Crippen LogP contribution in [0, 0.1) is 6.92 Å². The number of furan rings is 1. The van der Waals surface area contributed by atoms with Crippen LogP contribution in [-0.2, 0) is 11.2 Å². The fourth-order valence-corrected chi connectivity index (χ4v) is 2.83. The monoisotopic (exact) mass is 319 g/mol. The van der Waals surface area contributed by atoms with Crippen molar-refractivity contribution in [2.75, 3.05) is 4.90 Å². The van der Waals surface area contributed by atoms with Crippen molar-refractivity contribution in [1.29, 1.82) is 0 Å². The molecule has 1 aromatic heterocycles. The Labute approximate surface area is 118 Å². The smallest absolute Gasteiger partial charge is 0.268 e.